The van der Waals surface area contributed by atoms with Crippen LogP contribution in [0.4, 0.5) is 0 Å². The summed E-state index contributed by atoms with van der Waals surface area (Å²) >= 11 is 0. The lowest BCUT2D eigenvalue weighted by Gasteiger charge is -2.39. The zero-order valence-electron chi connectivity index (χ0n) is 11.2. The smallest absolute Gasteiger partial charge is 0.0267 e. The fourth-order valence-corrected chi connectivity index (χ4v) is 2.72. The second-order valence-corrected chi connectivity index (χ2v) is 5.90. The van der Waals surface area contributed by atoms with Crippen LogP contribution in [0.5, 0.6) is 0 Å². The van der Waals surface area contributed by atoms with Crippen molar-refractivity contribution in [3.8, 4) is 0 Å². The number of hydrazine groups is 1. The number of fused-ring (bicyclic) bond motifs is 1. The molecule has 0 bridgehead atoms. The van der Waals surface area contributed by atoms with Crippen LogP contribution >= 0.6 is 0 Å². The molecule has 17 heavy (non-hydrogen) atoms. The Hall–Kier alpha value is -0.860. The lowest BCUT2D eigenvalue weighted by molar-refractivity contribution is 0.207. The van der Waals surface area contributed by atoms with Crippen LogP contribution in [0, 0.1) is 5.41 Å². The molecule has 1 aliphatic rings. The Labute approximate surface area is 105 Å². The number of hydrogen-bond donors (Lipinski definition) is 2. The van der Waals surface area contributed by atoms with Gasteiger partial charge in [0.1, 0.15) is 0 Å². The first kappa shape index (κ1) is 12.6. The van der Waals surface area contributed by atoms with Crippen molar-refractivity contribution in [2.45, 2.75) is 52.0 Å². The molecule has 1 aromatic rings. The molecule has 0 saturated carbocycles. The van der Waals surface area contributed by atoms with Crippen molar-refractivity contribution in [2.24, 2.45) is 11.3 Å². The van der Waals surface area contributed by atoms with Gasteiger partial charge in [-0.25, -0.2) is 0 Å². The maximum atomic E-state index is 5.73. The van der Waals surface area contributed by atoms with E-state index in [4.69, 9.17) is 5.84 Å². The molecule has 2 unspecified atom stereocenters. The first-order valence-electron chi connectivity index (χ1n) is 6.62. The maximum Gasteiger partial charge on any atom is 0.0267 e. The molecular weight excluding hydrogens is 208 g/mol. The second-order valence-electron chi connectivity index (χ2n) is 5.90. The highest BCUT2D eigenvalue weighted by Gasteiger charge is 2.33. The number of nitrogens with one attached hydrogen (secondary N) is 1. The molecule has 0 spiro atoms. The number of benzene rings is 1. The molecule has 0 amide bonds. The number of nitrogens with two attached hydrogens (primary N) is 1. The van der Waals surface area contributed by atoms with Crippen LogP contribution in [-0.2, 0) is 6.42 Å². The van der Waals surface area contributed by atoms with Crippen LogP contribution in [0.15, 0.2) is 24.3 Å². The van der Waals surface area contributed by atoms with E-state index in [1.807, 2.05) is 0 Å². The topological polar surface area (TPSA) is 38.0 Å². The van der Waals surface area contributed by atoms with E-state index < -0.39 is 0 Å². The molecule has 2 heteroatoms. The van der Waals surface area contributed by atoms with Crippen molar-refractivity contribution in [3.05, 3.63) is 35.4 Å². The molecule has 2 rings (SSSR count). The summed E-state index contributed by atoms with van der Waals surface area (Å²) in [5.74, 6) is 6.42. The summed E-state index contributed by atoms with van der Waals surface area (Å²) in [7, 11) is 0. The van der Waals surface area contributed by atoms with Crippen molar-refractivity contribution in [3.63, 3.8) is 0 Å². The molecule has 0 radical (unpaired) electrons. The van der Waals surface area contributed by atoms with Gasteiger partial charge in [0.2, 0.25) is 0 Å². The normalized spacial score (nSPS) is 20.6. The minimum Gasteiger partial charge on any atom is -0.271 e. The third kappa shape index (κ3) is 2.38. The van der Waals surface area contributed by atoms with Crippen molar-refractivity contribution < 1.29 is 0 Å². The van der Waals surface area contributed by atoms with Crippen LogP contribution in [0.25, 0.3) is 0 Å². The zero-order valence-corrected chi connectivity index (χ0v) is 11.2. The van der Waals surface area contributed by atoms with E-state index in [9.17, 15) is 0 Å². The Morgan fingerprint density at radius 3 is 2.71 bits per heavy atom. The van der Waals surface area contributed by atoms with E-state index in [-0.39, 0.29) is 5.41 Å². The quantitative estimate of drug-likeness (QED) is 0.605. The van der Waals surface area contributed by atoms with Gasteiger partial charge in [-0.3, -0.25) is 11.3 Å². The highest BCUT2D eigenvalue weighted by Crippen LogP contribution is 2.41. The third-order valence-electron chi connectivity index (χ3n) is 4.54. The summed E-state index contributed by atoms with van der Waals surface area (Å²) in [6.07, 6.45) is 3.51. The average Bonchev–Trinajstić information content (AvgIpc) is 2.30. The standard InChI is InChI=1S/C15H24N2/c1-4-15(2,3)14(17-16)10-12-9-11-7-5-6-8-13(11)12/h5-8,12,14,17H,4,9-10,16H2,1-3H3. The van der Waals surface area contributed by atoms with Gasteiger partial charge in [0.25, 0.3) is 0 Å². The average molecular weight is 232 g/mol. The Balaban J connectivity index is 2.03. The Morgan fingerprint density at radius 2 is 2.12 bits per heavy atom. The highest BCUT2D eigenvalue weighted by molar-refractivity contribution is 5.40. The molecule has 94 valence electrons. The molecule has 0 aliphatic heterocycles. The Morgan fingerprint density at radius 1 is 1.41 bits per heavy atom. The summed E-state index contributed by atoms with van der Waals surface area (Å²) in [6, 6.07) is 9.16. The molecule has 2 atom stereocenters. The zero-order chi connectivity index (χ0) is 12.5. The molecule has 0 fully saturated rings. The van der Waals surface area contributed by atoms with Crippen LogP contribution in [0.3, 0.4) is 0 Å². The molecule has 1 aliphatic carbocycles. The number of rotatable bonds is 5. The molecule has 3 N–H and O–H groups in total. The van der Waals surface area contributed by atoms with Gasteiger partial charge < -0.3 is 0 Å². The van der Waals surface area contributed by atoms with Crippen LogP contribution < -0.4 is 11.3 Å². The fourth-order valence-electron chi connectivity index (χ4n) is 2.72. The molecule has 1 aromatic carbocycles. The minimum atomic E-state index is 0.263. The van der Waals surface area contributed by atoms with Crippen molar-refractivity contribution in [1.29, 1.82) is 0 Å². The summed E-state index contributed by atoms with van der Waals surface area (Å²) in [4.78, 5) is 0. The second kappa shape index (κ2) is 4.79. The van der Waals surface area contributed by atoms with Gasteiger partial charge in [-0.15, -0.1) is 0 Å². The first-order chi connectivity index (χ1) is 8.08. The van der Waals surface area contributed by atoms with E-state index in [2.05, 4.69) is 50.5 Å². The van der Waals surface area contributed by atoms with E-state index in [1.54, 1.807) is 0 Å². The molecule has 2 nitrogen and oxygen atoms in total. The maximum absolute atomic E-state index is 5.73. The molecular formula is C15H24N2. The lowest BCUT2D eigenvalue weighted by Crippen LogP contribution is -2.47. The third-order valence-corrected chi connectivity index (χ3v) is 4.54. The van der Waals surface area contributed by atoms with E-state index >= 15 is 0 Å². The SMILES string of the molecule is CCC(C)(C)C(CC1Cc2ccccc21)NN. The van der Waals surface area contributed by atoms with E-state index in [0.717, 1.165) is 12.8 Å². The van der Waals surface area contributed by atoms with Crippen molar-refractivity contribution in [2.75, 3.05) is 0 Å². The van der Waals surface area contributed by atoms with E-state index in [1.165, 1.54) is 17.5 Å². The van der Waals surface area contributed by atoms with Gasteiger partial charge in [0.15, 0.2) is 0 Å². The monoisotopic (exact) mass is 232 g/mol. The van der Waals surface area contributed by atoms with Crippen LogP contribution in [-0.4, -0.2) is 6.04 Å². The lowest BCUT2D eigenvalue weighted by atomic mass is 9.70. The van der Waals surface area contributed by atoms with Crippen molar-refractivity contribution in [1.82, 2.24) is 5.43 Å². The molecule has 0 saturated heterocycles. The fraction of sp³-hybridized carbons (Fsp3) is 0.600. The summed E-state index contributed by atoms with van der Waals surface area (Å²) in [5, 5.41) is 0. The summed E-state index contributed by atoms with van der Waals surface area (Å²) in [5.41, 5.74) is 6.33. The number of hydrogen-bond acceptors (Lipinski definition) is 2. The predicted octanol–water partition coefficient (Wildman–Crippen LogP) is 2.98. The predicted molar refractivity (Wildman–Crippen MR) is 72.7 cm³/mol. The van der Waals surface area contributed by atoms with Gasteiger partial charge in [0.05, 0.1) is 0 Å². The first-order valence-corrected chi connectivity index (χ1v) is 6.62. The van der Waals surface area contributed by atoms with Gasteiger partial charge in [-0.2, -0.15) is 0 Å². The highest BCUT2D eigenvalue weighted by atomic mass is 15.2. The van der Waals surface area contributed by atoms with E-state index in [0.29, 0.717) is 12.0 Å². The van der Waals surface area contributed by atoms with Crippen LogP contribution in [0.1, 0.15) is 50.7 Å². The minimum absolute atomic E-state index is 0.263. The van der Waals surface area contributed by atoms with Crippen molar-refractivity contribution >= 4 is 0 Å². The molecule has 0 heterocycles. The van der Waals surface area contributed by atoms with Gasteiger partial charge >= 0.3 is 0 Å². The van der Waals surface area contributed by atoms with Gasteiger partial charge in [0, 0.05) is 6.04 Å². The van der Waals surface area contributed by atoms with Gasteiger partial charge in [-0.1, -0.05) is 45.0 Å². The summed E-state index contributed by atoms with van der Waals surface area (Å²) < 4.78 is 0. The summed E-state index contributed by atoms with van der Waals surface area (Å²) in [6.45, 7) is 6.82. The Bertz CT molecular complexity index is 384. The Kier molecular flexibility index (Phi) is 3.55. The molecule has 0 aromatic heterocycles. The van der Waals surface area contributed by atoms with Crippen LogP contribution in [0.2, 0.25) is 0 Å². The largest absolute Gasteiger partial charge is 0.271 e. The van der Waals surface area contributed by atoms with Gasteiger partial charge in [-0.05, 0) is 41.7 Å².